The Morgan fingerprint density at radius 3 is 2.59 bits per heavy atom. The minimum Gasteiger partial charge on any atom is -0.344 e. The number of halogens is 2. The first kappa shape index (κ1) is 19.7. The molecule has 3 N–H and O–H groups in total. The number of nitrogens with one attached hydrogen (secondary N) is 1. The molecule has 3 rings (SSSR count). The maximum absolute atomic E-state index is 12.5. The molecular weight excluding hydrogens is 341 g/mol. The Kier molecular flexibility index (Phi) is 7.12. The maximum atomic E-state index is 12.5. The van der Waals surface area contributed by atoms with E-state index in [2.05, 4.69) is 15.7 Å². The number of carbonyl (C=O) groups is 1. The van der Waals surface area contributed by atoms with E-state index in [1.807, 2.05) is 6.92 Å². The van der Waals surface area contributed by atoms with Crippen molar-refractivity contribution in [2.75, 3.05) is 0 Å². The van der Waals surface area contributed by atoms with Crippen molar-refractivity contribution in [3.05, 3.63) is 16.1 Å². The summed E-state index contributed by atoms with van der Waals surface area (Å²) in [4.78, 5) is 17.1. The summed E-state index contributed by atoms with van der Waals surface area (Å²) in [6, 6.07) is 0.193. The zero-order valence-corrected chi connectivity index (χ0v) is 15.3. The zero-order chi connectivity index (χ0) is 14.2. The molecular formula is C15H25Cl2N3OS. The van der Waals surface area contributed by atoms with Crippen molar-refractivity contribution in [1.82, 2.24) is 10.3 Å². The number of rotatable bonds is 3. The van der Waals surface area contributed by atoms with Crippen LogP contribution < -0.4 is 11.1 Å². The van der Waals surface area contributed by atoms with Crippen LogP contribution in [0.15, 0.2) is 5.38 Å². The molecule has 2 aliphatic rings. The summed E-state index contributed by atoms with van der Waals surface area (Å²) in [6.07, 6.45) is 7.15. The van der Waals surface area contributed by atoms with Crippen molar-refractivity contribution in [2.45, 2.75) is 63.5 Å². The molecule has 7 heteroatoms. The third kappa shape index (κ3) is 3.94. The number of nitrogens with two attached hydrogens (primary N) is 1. The van der Waals surface area contributed by atoms with Gasteiger partial charge in [-0.15, -0.1) is 36.2 Å². The van der Waals surface area contributed by atoms with Crippen molar-refractivity contribution < 1.29 is 4.79 Å². The average Bonchev–Trinajstić information content (AvgIpc) is 2.80. The summed E-state index contributed by atoms with van der Waals surface area (Å²) in [5.41, 5.74) is 6.86. The Morgan fingerprint density at radius 2 is 2.09 bits per heavy atom. The monoisotopic (exact) mass is 365 g/mol. The van der Waals surface area contributed by atoms with Crippen molar-refractivity contribution in [1.29, 1.82) is 0 Å². The molecule has 0 radical (unpaired) electrons. The van der Waals surface area contributed by atoms with Crippen LogP contribution in [0.2, 0.25) is 0 Å². The molecule has 1 amide bonds. The molecule has 1 aromatic heterocycles. The molecule has 2 unspecified atom stereocenters. The van der Waals surface area contributed by atoms with Crippen LogP contribution >= 0.6 is 36.2 Å². The lowest BCUT2D eigenvalue weighted by atomic mass is 9.76. The summed E-state index contributed by atoms with van der Waals surface area (Å²) in [7, 11) is 0. The lowest BCUT2D eigenvalue weighted by molar-refractivity contribution is -0.129. The van der Waals surface area contributed by atoms with Gasteiger partial charge in [0.25, 0.3) is 0 Å². The fourth-order valence-corrected chi connectivity index (χ4v) is 4.31. The Hall–Kier alpha value is -0.360. The highest BCUT2D eigenvalue weighted by Gasteiger charge is 2.43. The molecule has 0 aromatic carbocycles. The molecule has 22 heavy (non-hydrogen) atoms. The van der Waals surface area contributed by atoms with Gasteiger partial charge in [0.05, 0.1) is 5.54 Å². The molecule has 0 bridgehead atoms. The number of hydrogen-bond acceptors (Lipinski definition) is 4. The SMILES string of the molecule is Cc1csc(C2(NC(=O)C3CCCC(N)C3)CCC2)n1.Cl.Cl. The number of thiazole rings is 1. The Bertz CT molecular complexity index is 505. The van der Waals surface area contributed by atoms with E-state index in [0.29, 0.717) is 0 Å². The van der Waals surface area contributed by atoms with Crippen LogP contribution in [0.3, 0.4) is 0 Å². The minimum absolute atomic E-state index is 0. The second-order valence-corrected chi connectivity index (χ2v) is 7.20. The van der Waals surface area contributed by atoms with Gasteiger partial charge in [-0.2, -0.15) is 0 Å². The van der Waals surface area contributed by atoms with E-state index in [4.69, 9.17) is 5.73 Å². The van der Waals surface area contributed by atoms with Gasteiger partial charge in [-0.3, -0.25) is 4.79 Å². The third-order valence-electron chi connectivity index (χ3n) is 4.68. The van der Waals surface area contributed by atoms with Crippen LogP contribution in [0, 0.1) is 12.8 Å². The smallest absolute Gasteiger partial charge is 0.223 e. The standard InChI is InChI=1S/C15H23N3OS.2ClH/c1-10-9-20-14(17-10)15(6-3-7-15)18-13(19)11-4-2-5-12(16)8-11;;/h9,11-12H,2-8,16H2,1H3,(H,18,19);2*1H. The van der Waals surface area contributed by atoms with Crippen LogP contribution in [-0.2, 0) is 10.3 Å². The van der Waals surface area contributed by atoms with Crippen LogP contribution in [0.4, 0.5) is 0 Å². The van der Waals surface area contributed by atoms with Gasteiger partial charge in [0.2, 0.25) is 5.91 Å². The number of hydrogen-bond donors (Lipinski definition) is 2. The Morgan fingerprint density at radius 1 is 1.36 bits per heavy atom. The van der Waals surface area contributed by atoms with E-state index < -0.39 is 0 Å². The number of carbonyl (C=O) groups excluding carboxylic acids is 1. The summed E-state index contributed by atoms with van der Waals surface area (Å²) in [5, 5.41) is 6.45. The summed E-state index contributed by atoms with van der Waals surface area (Å²) in [6.45, 7) is 2.01. The van der Waals surface area contributed by atoms with Gasteiger partial charge >= 0.3 is 0 Å². The minimum atomic E-state index is -0.183. The molecule has 126 valence electrons. The third-order valence-corrected chi connectivity index (χ3v) is 5.85. The van der Waals surface area contributed by atoms with Gasteiger partial charge in [0.1, 0.15) is 5.01 Å². The van der Waals surface area contributed by atoms with E-state index in [1.165, 1.54) is 6.42 Å². The predicted molar refractivity (Wildman–Crippen MR) is 95.0 cm³/mol. The molecule has 1 heterocycles. The van der Waals surface area contributed by atoms with E-state index in [1.54, 1.807) is 11.3 Å². The maximum Gasteiger partial charge on any atom is 0.223 e. The van der Waals surface area contributed by atoms with Crippen molar-refractivity contribution >= 4 is 42.1 Å². The molecule has 0 aliphatic heterocycles. The van der Waals surface area contributed by atoms with Gasteiger partial charge in [0.15, 0.2) is 0 Å². The Labute approximate surface area is 148 Å². The van der Waals surface area contributed by atoms with Gasteiger partial charge in [-0.05, 0) is 45.4 Å². The summed E-state index contributed by atoms with van der Waals surface area (Å²) < 4.78 is 0. The van der Waals surface area contributed by atoms with Gasteiger partial charge in [0, 0.05) is 23.0 Å². The molecule has 2 aliphatic carbocycles. The number of nitrogens with zero attached hydrogens (tertiary/aromatic N) is 1. The van der Waals surface area contributed by atoms with Gasteiger partial charge in [-0.1, -0.05) is 6.42 Å². The van der Waals surface area contributed by atoms with E-state index in [9.17, 15) is 4.79 Å². The van der Waals surface area contributed by atoms with Gasteiger partial charge < -0.3 is 11.1 Å². The van der Waals surface area contributed by atoms with E-state index in [-0.39, 0.29) is 48.2 Å². The molecule has 2 fully saturated rings. The zero-order valence-electron chi connectivity index (χ0n) is 12.8. The first-order chi connectivity index (χ1) is 9.59. The predicted octanol–water partition coefficient (Wildman–Crippen LogP) is 3.31. The van der Waals surface area contributed by atoms with Crippen LogP contribution in [0.5, 0.6) is 0 Å². The van der Waals surface area contributed by atoms with E-state index >= 15 is 0 Å². The van der Waals surface area contributed by atoms with Crippen LogP contribution in [-0.4, -0.2) is 16.9 Å². The molecule has 2 atom stereocenters. The van der Waals surface area contributed by atoms with Crippen molar-refractivity contribution in [3.63, 3.8) is 0 Å². The summed E-state index contributed by atoms with van der Waals surface area (Å²) in [5.74, 6) is 0.282. The molecule has 0 spiro atoms. The molecule has 4 nitrogen and oxygen atoms in total. The van der Waals surface area contributed by atoms with Crippen molar-refractivity contribution in [3.8, 4) is 0 Å². The highest BCUT2D eigenvalue weighted by atomic mass is 35.5. The highest BCUT2D eigenvalue weighted by Crippen LogP contribution is 2.43. The number of amides is 1. The molecule has 0 saturated heterocycles. The topological polar surface area (TPSA) is 68.0 Å². The number of aromatic nitrogens is 1. The Balaban J connectivity index is 0.00000121. The lowest BCUT2D eigenvalue weighted by Crippen LogP contribution is -2.53. The lowest BCUT2D eigenvalue weighted by Gasteiger charge is -2.42. The first-order valence-corrected chi connectivity index (χ1v) is 8.47. The van der Waals surface area contributed by atoms with Crippen LogP contribution in [0.1, 0.15) is 55.6 Å². The quantitative estimate of drug-likeness (QED) is 0.862. The largest absolute Gasteiger partial charge is 0.344 e. The normalized spacial score (nSPS) is 26.1. The second kappa shape index (κ2) is 7.95. The van der Waals surface area contributed by atoms with Crippen molar-refractivity contribution in [2.24, 2.45) is 11.7 Å². The van der Waals surface area contributed by atoms with Crippen LogP contribution in [0.25, 0.3) is 0 Å². The highest BCUT2D eigenvalue weighted by molar-refractivity contribution is 7.09. The molecule has 1 aromatic rings. The number of aryl methyl sites for hydroxylation is 1. The second-order valence-electron chi connectivity index (χ2n) is 6.34. The fourth-order valence-electron chi connectivity index (χ4n) is 3.30. The van der Waals surface area contributed by atoms with E-state index in [0.717, 1.165) is 49.2 Å². The fraction of sp³-hybridized carbons (Fsp3) is 0.733. The summed E-state index contributed by atoms with van der Waals surface area (Å²) >= 11 is 1.67. The molecule has 2 saturated carbocycles. The average molecular weight is 366 g/mol. The first-order valence-electron chi connectivity index (χ1n) is 7.59. The van der Waals surface area contributed by atoms with Gasteiger partial charge in [-0.25, -0.2) is 4.98 Å².